The van der Waals surface area contributed by atoms with Crippen LogP contribution in [0.5, 0.6) is 0 Å². The van der Waals surface area contributed by atoms with Crippen molar-refractivity contribution in [2.45, 2.75) is 52.9 Å². The van der Waals surface area contributed by atoms with Crippen LogP contribution in [0.1, 0.15) is 44.6 Å². The van der Waals surface area contributed by atoms with E-state index < -0.39 is 5.60 Å². The van der Waals surface area contributed by atoms with Crippen LogP contribution in [0.2, 0.25) is 0 Å². The number of nitrogens with zero attached hydrogens (tertiary/aromatic N) is 2. The van der Waals surface area contributed by atoms with Crippen LogP contribution in [0.4, 0.5) is 4.79 Å². The molecule has 0 saturated carbocycles. The molecular formula is C13H20N4O3. The second-order valence-corrected chi connectivity index (χ2v) is 5.87. The van der Waals surface area contributed by atoms with Gasteiger partial charge in [-0.1, -0.05) is 0 Å². The first-order valence-electron chi connectivity index (χ1n) is 6.53. The summed E-state index contributed by atoms with van der Waals surface area (Å²) >= 11 is 0. The Kier molecular flexibility index (Phi) is 3.69. The van der Waals surface area contributed by atoms with Crippen LogP contribution in [0.3, 0.4) is 0 Å². The Bertz CT molecular complexity index is 530. The molecule has 7 heteroatoms. The Balaban J connectivity index is 2.01. The second kappa shape index (κ2) is 5.15. The predicted octanol–water partition coefficient (Wildman–Crippen LogP) is 1.30. The zero-order valence-electron chi connectivity index (χ0n) is 12.2. The Morgan fingerprint density at radius 3 is 2.70 bits per heavy atom. The maximum absolute atomic E-state index is 12.0. The number of hydrogen-bond donors (Lipinski definition) is 2. The summed E-state index contributed by atoms with van der Waals surface area (Å²) in [6.45, 7) is 8.24. The molecule has 0 aromatic carbocycles. The van der Waals surface area contributed by atoms with Crippen molar-refractivity contribution < 1.29 is 14.3 Å². The first kappa shape index (κ1) is 14.4. The molecule has 20 heavy (non-hydrogen) atoms. The largest absolute Gasteiger partial charge is 0.444 e. The quantitative estimate of drug-likeness (QED) is 0.854. The molecule has 0 radical (unpaired) electrons. The topological polar surface area (TPSA) is 87.3 Å². The van der Waals surface area contributed by atoms with Crippen molar-refractivity contribution >= 4 is 12.0 Å². The highest BCUT2D eigenvalue weighted by molar-refractivity contribution is 5.73. The van der Waals surface area contributed by atoms with Gasteiger partial charge in [0.1, 0.15) is 5.60 Å². The number of carbonyl (C=O) groups is 2. The summed E-state index contributed by atoms with van der Waals surface area (Å²) in [4.78, 5) is 24.6. The van der Waals surface area contributed by atoms with E-state index in [0.717, 1.165) is 17.0 Å². The highest BCUT2D eigenvalue weighted by Crippen LogP contribution is 2.25. The minimum Gasteiger partial charge on any atom is -0.444 e. The molecule has 1 aromatic heterocycles. The van der Waals surface area contributed by atoms with Crippen LogP contribution in [0.25, 0.3) is 0 Å². The van der Waals surface area contributed by atoms with Gasteiger partial charge in [0.25, 0.3) is 0 Å². The molecule has 2 heterocycles. The van der Waals surface area contributed by atoms with Crippen LogP contribution in [-0.2, 0) is 29.2 Å². The SMILES string of the molecule is CC(=O)NCc1n[nH]c2c1CN(C(=O)OC(C)(C)C)C2. The number of hydrogen-bond acceptors (Lipinski definition) is 4. The molecule has 0 spiro atoms. The van der Waals surface area contributed by atoms with Gasteiger partial charge >= 0.3 is 6.09 Å². The number of carbonyl (C=O) groups excluding carboxylic acids is 2. The third kappa shape index (κ3) is 3.28. The molecule has 2 amide bonds. The standard InChI is InChI=1S/C13H20N4O3/c1-8(18)14-5-10-9-6-17(7-11(9)16-15-10)12(19)20-13(2,3)4/h5-7H2,1-4H3,(H,14,18)(H,15,16). The monoisotopic (exact) mass is 280 g/mol. The summed E-state index contributed by atoms with van der Waals surface area (Å²) in [5.41, 5.74) is 2.12. The molecule has 0 saturated heterocycles. The van der Waals surface area contributed by atoms with Crippen molar-refractivity contribution in [1.29, 1.82) is 0 Å². The molecule has 0 fully saturated rings. The van der Waals surface area contributed by atoms with Gasteiger partial charge in [-0.05, 0) is 20.8 Å². The number of aromatic amines is 1. The number of nitrogens with one attached hydrogen (secondary N) is 2. The van der Waals surface area contributed by atoms with Gasteiger partial charge in [-0.25, -0.2) is 4.79 Å². The lowest BCUT2D eigenvalue weighted by Crippen LogP contribution is -2.33. The average molecular weight is 280 g/mol. The van der Waals surface area contributed by atoms with Gasteiger partial charge in [0, 0.05) is 12.5 Å². The van der Waals surface area contributed by atoms with E-state index in [1.807, 2.05) is 20.8 Å². The average Bonchev–Trinajstić information content (AvgIpc) is 2.83. The maximum atomic E-state index is 12.0. The normalized spacial score (nSPS) is 14.1. The molecule has 2 rings (SSSR count). The summed E-state index contributed by atoms with van der Waals surface area (Å²) in [7, 11) is 0. The lowest BCUT2D eigenvalue weighted by atomic mass is 10.2. The second-order valence-electron chi connectivity index (χ2n) is 5.87. The number of amides is 2. The van der Waals surface area contributed by atoms with Crippen molar-refractivity contribution in [1.82, 2.24) is 20.4 Å². The summed E-state index contributed by atoms with van der Waals surface area (Å²) in [6, 6.07) is 0. The van der Waals surface area contributed by atoms with E-state index in [0.29, 0.717) is 19.6 Å². The summed E-state index contributed by atoms with van der Waals surface area (Å²) in [5.74, 6) is -0.108. The first-order valence-corrected chi connectivity index (χ1v) is 6.53. The fourth-order valence-electron chi connectivity index (χ4n) is 2.01. The van der Waals surface area contributed by atoms with Gasteiger partial charge < -0.3 is 10.1 Å². The highest BCUT2D eigenvalue weighted by Gasteiger charge is 2.30. The maximum Gasteiger partial charge on any atom is 0.410 e. The van der Waals surface area contributed by atoms with E-state index in [2.05, 4.69) is 15.5 Å². The molecule has 0 atom stereocenters. The number of fused-ring (bicyclic) bond motifs is 1. The highest BCUT2D eigenvalue weighted by atomic mass is 16.6. The molecular weight excluding hydrogens is 260 g/mol. The van der Waals surface area contributed by atoms with E-state index in [4.69, 9.17) is 4.74 Å². The Hall–Kier alpha value is -2.05. The minimum atomic E-state index is -0.509. The lowest BCUT2D eigenvalue weighted by Gasteiger charge is -2.24. The van der Waals surface area contributed by atoms with E-state index >= 15 is 0 Å². The van der Waals surface area contributed by atoms with E-state index in [9.17, 15) is 9.59 Å². The molecule has 0 bridgehead atoms. The predicted molar refractivity (Wildman–Crippen MR) is 71.6 cm³/mol. The van der Waals surface area contributed by atoms with E-state index in [-0.39, 0.29) is 12.0 Å². The molecule has 110 valence electrons. The van der Waals surface area contributed by atoms with Crippen LogP contribution in [-0.4, -0.2) is 32.7 Å². The third-order valence-corrected chi connectivity index (χ3v) is 2.89. The fourth-order valence-corrected chi connectivity index (χ4v) is 2.01. The fraction of sp³-hybridized carbons (Fsp3) is 0.615. The van der Waals surface area contributed by atoms with Gasteiger partial charge in [-0.2, -0.15) is 5.10 Å². The molecule has 0 unspecified atom stereocenters. The zero-order valence-corrected chi connectivity index (χ0v) is 12.2. The van der Waals surface area contributed by atoms with Crippen LogP contribution in [0, 0.1) is 0 Å². The van der Waals surface area contributed by atoms with Gasteiger partial charge in [0.05, 0.1) is 31.0 Å². The summed E-state index contributed by atoms with van der Waals surface area (Å²) in [5, 5.41) is 9.77. The molecule has 1 aromatic rings. The zero-order chi connectivity index (χ0) is 14.9. The lowest BCUT2D eigenvalue weighted by molar-refractivity contribution is -0.119. The molecule has 2 N–H and O–H groups in total. The molecule has 1 aliphatic heterocycles. The van der Waals surface area contributed by atoms with Gasteiger partial charge in [-0.15, -0.1) is 0 Å². The smallest absolute Gasteiger partial charge is 0.410 e. The van der Waals surface area contributed by atoms with Crippen molar-refractivity contribution in [3.05, 3.63) is 17.0 Å². The minimum absolute atomic E-state index is 0.108. The molecule has 7 nitrogen and oxygen atoms in total. The number of aromatic nitrogens is 2. The van der Waals surface area contributed by atoms with Gasteiger partial charge in [-0.3, -0.25) is 14.8 Å². The molecule has 0 aliphatic carbocycles. The summed E-state index contributed by atoms with van der Waals surface area (Å²) < 4.78 is 5.34. The number of H-pyrrole nitrogens is 1. The van der Waals surface area contributed by atoms with E-state index in [1.54, 1.807) is 4.90 Å². The van der Waals surface area contributed by atoms with Crippen molar-refractivity contribution in [2.75, 3.05) is 0 Å². The van der Waals surface area contributed by atoms with Crippen LogP contribution < -0.4 is 5.32 Å². The Labute approximate surface area is 117 Å². The van der Waals surface area contributed by atoms with Gasteiger partial charge in [0.15, 0.2) is 0 Å². The van der Waals surface area contributed by atoms with Crippen LogP contribution in [0.15, 0.2) is 0 Å². The van der Waals surface area contributed by atoms with Crippen molar-refractivity contribution in [2.24, 2.45) is 0 Å². The number of rotatable bonds is 2. The van der Waals surface area contributed by atoms with Crippen LogP contribution >= 0.6 is 0 Å². The first-order chi connectivity index (χ1) is 9.26. The van der Waals surface area contributed by atoms with Crippen molar-refractivity contribution in [3.63, 3.8) is 0 Å². The number of ether oxygens (including phenoxy) is 1. The van der Waals surface area contributed by atoms with Crippen molar-refractivity contribution in [3.8, 4) is 0 Å². The van der Waals surface area contributed by atoms with Gasteiger partial charge in [0.2, 0.25) is 5.91 Å². The van der Waals surface area contributed by atoms with E-state index in [1.165, 1.54) is 6.92 Å². The Morgan fingerprint density at radius 2 is 2.10 bits per heavy atom. The summed E-state index contributed by atoms with van der Waals surface area (Å²) in [6.07, 6.45) is -0.340. The Morgan fingerprint density at radius 1 is 1.40 bits per heavy atom. The third-order valence-electron chi connectivity index (χ3n) is 2.89. The molecule has 1 aliphatic rings.